The number of hydrogen-bond acceptors (Lipinski definition) is 6. The summed E-state index contributed by atoms with van der Waals surface area (Å²) in [5.41, 5.74) is 16.0. The third-order valence-corrected chi connectivity index (χ3v) is 3.93. The maximum atomic E-state index is 5.36. The van der Waals surface area contributed by atoms with Gasteiger partial charge in [-0.15, -0.1) is 0 Å². The van der Waals surface area contributed by atoms with Crippen LogP contribution < -0.4 is 17.2 Å². The first-order valence-electron chi connectivity index (χ1n) is 10.9. The fourth-order valence-electron chi connectivity index (χ4n) is 2.25. The fraction of sp³-hybridized carbons (Fsp3) is 1.00. The van der Waals surface area contributed by atoms with Gasteiger partial charge in [0.05, 0.1) is 0 Å². The number of unbranched alkanes of at least 4 members (excludes halogenated alkanes) is 6. The van der Waals surface area contributed by atoms with Gasteiger partial charge in [-0.05, 0) is 120 Å². The van der Waals surface area contributed by atoms with Gasteiger partial charge in [0, 0.05) is 0 Å². The van der Waals surface area contributed by atoms with Crippen molar-refractivity contribution < 1.29 is 0 Å². The van der Waals surface area contributed by atoms with Crippen LogP contribution in [0, 0.1) is 0 Å². The van der Waals surface area contributed by atoms with Crippen LogP contribution in [0.25, 0.3) is 0 Å². The Morgan fingerprint density at radius 2 is 0.593 bits per heavy atom. The van der Waals surface area contributed by atoms with E-state index in [1.807, 2.05) is 0 Å². The molecule has 0 amide bonds. The maximum absolute atomic E-state index is 5.36. The molecule has 0 saturated heterocycles. The van der Waals surface area contributed by atoms with Crippen molar-refractivity contribution in [3.05, 3.63) is 0 Å². The van der Waals surface area contributed by atoms with E-state index in [0.29, 0.717) is 0 Å². The van der Waals surface area contributed by atoms with Gasteiger partial charge in [0.1, 0.15) is 0 Å². The standard InChI is InChI=1S/C8H20N2.C7H18N2.C6H16N2/c1-10(2)8-6-4-3-5-7-9;1-9(2)7-5-3-4-6-8;1-8(2)6-4-3-5-7/h3-9H2,1-2H3;3-8H2,1-2H3;3-7H2,1-2H3. The van der Waals surface area contributed by atoms with Crippen LogP contribution >= 0.6 is 0 Å². The predicted octanol–water partition coefficient (Wildman–Crippen LogP) is 2.03. The van der Waals surface area contributed by atoms with E-state index in [9.17, 15) is 0 Å². The monoisotopic (exact) mass is 390 g/mol. The van der Waals surface area contributed by atoms with Gasteiger partial charge in [0.15, 0.2) is 0 Å². The van der Waals surface area contributed by atoms with Gasteiger partial charge in [-0.1, -0.05) is 19.3 Å². The van der Waals surface area contributed by atoms with Gasteiger partial charge >= 0.3 is 0 Å². The van der Waals surface area contributed by atoms with Crippen molar-refractivity contribution in [1.29, 1.82) is 0 Å². The first-order chi connectivity index (χ1) is 12.8. The first-order valence-corrected chi connectivity index (χ1v) is 10.9. The Kier molecular flexibility index (Phi) is 32.6. The molecule has 168 valence electrons. The topological polar surface area (TPSA) is 87.8 Å². The van der Waals surface area contributed by atoms with E-state index in [2.05, 4.69) is 57.0 Å². The Morgan fingerprint density at radius 1 is 0.370 bits per heavy atom. The molecule has 0 bridgehead atoms. The molecule has 0 aromatic heterocycles. The lowest BCUT2D eigenvalue weighted by atomic mass is 10.2. The van der Waals surface area contributed by atoms with Crippen LogP contribution in [0.3, 0.4) is 0 Å². The highest BCUT2D eigenvalue weighted by Gasteiger charge is 1.90. The van der Waals surface area contributed by atoms with E-state index in [-0.39, 0.29) is 0 Å². The summed E-state index contributed by atoms with van der Waals surface area (Å²) in [6.07, 6.45) is 11.2. The summed E-state index contributed by atoms with van der Waals surface area (Å²) in [6, 6.07) is 0. The zero-order chi connectivity index (χ0) is 21.3. The second-order valence-electron chi connectivity index (χ2n) is 7.96. The summed E-state index contributed by atoms with van der Waals surface area (Å²) in [5.74, 6) is 0. The average Bonchev–Trinajstić information content (AvgIpc) is 2.59. The minimum absolute atomic E-state index is 0.827. The molecule has 6 nitrogen and oxygen atoms in total. The Hall–Kier alpha value is -0.240. The van der Waals surface area contributed by atoms with Crippen LogP contribution in [0.15, 0.2) is 0 Å². The smallest absolute Gasteiger partial charge is 0.00244 e. The van der Waals surface area contributed by atoms with Gasteiger partial charge in [-0.25, -0.2) is 0 Å². The Bertz CT molecular complexity index is 235. The zero-order valence-electron chi connectivity index (χ0n) is 19.7. The lowest BCUT2D eigenvalue weighted by Crippen LogP contribution is -2.14. The molecule has 0 aliphatic carbocycles. The molecule has 6 heteroatoms. The van der Waals surface area contributed by atoms with Crippen LogP contribution in [0.2, 0.25) is 0 Å². The Morgan fingerprint density at radius 3 is 0.889 bits per heavy atom. The van der Waals surface area contributed by atoms with Gasteiger partial charge in [-0.3, -0.25) is 0 Å². The molecule has 0 aliphatic heterocycles. The molecule has 0 atom stereocenters. The average molecular weight is 391 g/mol. The Balaban J connectivity index is -0.000000322. The van der Waals surface area contributed by atoms with Crippen LogP contribution in [0.5, 0.6) is 0 Å². The molecule has 0 radical (unpaired) electrons. The molecular formula is C21H54N6. The van der Waals surface area contributed by atoms with Crippen molar-refractivity contribution in [1.82, 2.24) is 14.7 Å². The van der Waals surface area contributed by atoms with Crippen LogP contribution in [-0.4, -0.2) is 96.3 Å². The van der Waals surface area contributed by atoms with Crippen molar-refractivity contribution in [2.75, 3.05) is 81.6 Å². The highest BCUT2D eigenvalue weighted by molar-refractivity contribution is 4.47. The van der Waals surface area contributed by atoms with Gasteiger partial charge in [0.25, 0.3) is 0 Å². The lowest BCUT2D eigenvalue weighted by Gasteiger charge is -2.07. The number of hydrogen-bond donors (Lipinski definition) is 3. The highest BCUT2D eigenvalue weighted by Crippen LogP contribution is 1.98. The second kappa shape index (κ2) is 28.0. The minimum atomic E-state index is 0.827. The maximum Gasteiger partial charge on any atom is -0.00244 e. The fourth-order valence-corrected chi connectivity index (χ4v) is 2.25. The van der Waals surface area contributed by atoms with Crippen molar-refractivity contribution >= 4 is 0 Å². The summed E-state index contributed by atoms with van der Waals surface area (Å²) >= 11 is 0. The molecule has 0 spiro atoms. The molecule has 0 aliphatic rings. The van der Waals surface area contributed by atoms with Gasteiger partial charge in [-0.2, -0.15) is 0 Å². The van der Waals surface area contributed by atoms with Crippen molar-refractivity contribution in [2.45, 2.75) is 57.8 Å². The first kappa shape index (κ1) is 31.5. The summed E-state index contributed by atoms with van der Waals surface area (Å²) in [5, 5.41) is 0. The van der Waals surface area contributed by atoms with Crippen molar-refractivity contribution in [3.8, 4) is 0 Å². The van der Waals surface area contributed by atoms with E-state index >= 15 is 0 Å². The molecule has 0 aromatic rings. The number of nitrogens with zero attached hydrogens (tertiary/aromatic N) is 3. The molecule has 0 fully saturated rings. The van der Waals surface area contributed by atoms with E-state index < -0.39 is 0 Å². The molecule has 0 heterocycles. The van der Waals surface area contributed by atoms with E-state index in [0.717, 1.165) is 32.6 Å². The molecular weight excluding hydrogens is 336 g/mol. The number of rotatable bonds is 15. The summed E-state index contributed by atoms with van der Waals surface area (Å²) < 4.78 is 0. The Labute approximate surface area is 171 Å². The quantitative estimate of drug-likeness (QED) is 0.371. The molecule has 0 rings (SSSR count). The lowest BCUT2D eigenvalue weighted by molar-refractivity contribution is 0.390. The summed E-state index contributed by atoms with van der Waals surface area (Å²) in [6.45, 7) is 6.09. The normalized spacial score (nSPS) is 10.7. The molecule has 6 N–H and O–H groups in total. The number of nitrogens with two attached hydrogens (primary N) is 3. The molecule has 0 unspecified atom stereocenters. The van der Waals surface area contributed by atoms with Crippen LogP contribution in [-0.2, 0) is 0 Å². The summed E-state index contributed by atoms with van der Waals surface area (Å²) in [7, 11) is 12.6. The minimum Gasteiger partial charge on any atom is -0.330 e. The van der Waals surface area contributed by atoms with Crippen LogP contribution in [0.1, 0.15) is 57.8 Å². The summed E-state index contributed by atoms with van der Waals surface area (Å²) in [4.78, 5) is 6.61. The molecule has 0 aromatic carbocycles. The van der Waals surface area contributed by atoms with E-state index in [4.69, 9.17) is 17.2 Å². The molecule has 0 saturated carbocycles. The van der Waals surface area contributed by atoms with Crippen molar-refractivity contribution in [3.63, 3.8) is 0 Å². The third-order valence-electron chi connectivity index (χ3n) is 3.93. The van der Waals surface area contributed by atoms with Gasteiger partial charge < -0.3 is 31.9 Å². The van der Waals surface area contributed by atoms with Crippen LogP contribution in [0.4, 0.5) is 0 Å². The third kappa shape index (κ3) is 46.1. The van der Waals surface area contributed by atoms with E-state index in [1.54, 1.807) is 0 Å². The van der Waals surface area contributed by atoms with E-state index in [1.165, 1.54) is 64.5 Å². The largest absolute Gasteiger partial charge is 0.330 e. The SMILES string of the molecule is CN(C)CCCCCCN.CN(C)CCCCCN.CN(C)CCCCN. The zero-order valence-corrected chi connectivity index (χ0v) is 19.7. The predicted molar refractivity (Wildman–Crippen MR) is 124 cm³/mol. The van der Waals surface area contributed by atoms with Crippen molar-refractivity contribution in [2.24, 2.45) is 17.2 Å². The molecule has 27 heavy (non-hydrogen) atoms. The van der Waals surface area contributed by atoms with Gasteiger partial charge in [0.2, 0.25) is 0 Å². The second-order valence-corrected chi connectivity index (χ2v) is 7.96. The highest BCUT2D eigenvalue weighted by atomic mass is 15.1.